The highest BCUT2D eigenvalue weighted by Gasteiger charge is 2.18. The highest BCUT2D eigenvalue weighted by Crippen LogP contribution is 2.26. The molecule has 0 unspecified atom stereocenters. The second kappa shape index (κ2) is 9.26. The van der Waals surface area contributed by atoms with Crippen LogP contribution < -0.4 is 4.90 Å². The van der Waals surface area contributed by atoms with E-state index in [9.17, 15) is 13.2 Å². The Labute approximate surface area is 193 Å². The van der Waals surface area contributed by atoms with Gasteiger partial charge in [0.15, 0.2) is 0 Å². The zero-order valence-corrected chi connectivity index (χ0v) is 18.4. The molecule has 3 heterocycles. The number of hydrogen-bond acceptors (Lipinski definition) is 7. The van der Waals surface area contributed by atoms with E-state index in [1.165, 1.54) is 12.1 Å². The van der Waals surface area contributed by atoms with E-state index in [2.05, 4.69) is 49.5 Å². The van der Waals surface area contributed by atoms with Gasteiger partial charge < -0.3 is 14.2 Å². The number of halogens is 3. The Balaban J connectivity index is 1.30. The number of likely N-dealkylation sites (N-methyl/N-ethyl adjacent to an activating group) is 1. The zero-order chi connectivity index (χ0) is 23.7. The lowest BCUT2D eigenvalue weighted by molar-refractivity contribution is 0.116. The molecule has 0 amide bonds. The molecule has 176 valence electrons. The van der Waals surface area contributed by atoms with E-state index in [1.54, 1.807) is 16.9 Å². The van der Waals surface area contributed by atoms with Gasteiger partial charge in [0.1, 0.15) is 11.5 Å². The summed E-state index contributed by atoms with van der Waals surface area (Å²) in [6.45, 7) is 4.13. The summed E-state index contributed by atoms with van der Waals surface area (Å²) in [5, 5.41) is 15.2. The Morgan fingerprint density at radius 1 is 0.971 bits per heavy atom. The first kappa shape index (κ1) is 22.1. The van der Waals surface area contributed by atoms with Crippen LogP contribution in [0.2, 0.25) is 0 Å². The first-order valence-corrected chi connectivity index (χ1v) is 10.8. The zero-order valence-electron chi connectivity index (χ0n) is 18.4. The van der Waals surface area contributed by atoms with Gasteiger partial charge in [0, 0.05) is 48.6 Å². The molecule has 8 nitrogen and oxygen atoms in total. The van der Waals surface area contributed by atoms with Crippen molar-refractivity contribution < 1.29 is 17.6 Å². The number of nitrogens with zero attached hydrogens (tertiary/aromatic N) is 7. The second-order valence-corrected chi connectivity index (χ2v) is 8.19. The number of alkyl halides is 2. The lowest BCUT2D eigenvalue weighted by Gasteiger charge is -2.34. The first-order chi connectivity index (χ1) is 16.5. The normalized spacial score (nSPS) is 14.8. The van der Waals surface area contributed by atoms with Gasteiger partial charge in [0.05, 0.1) is 12.7 Å². The van der Waals surface area contributed by atoms with Crippen LogP contribution in [0.1, 0.15) is 17.9 Å². The Hall–Kier alpha value is -3.73. The van der Waals surface area contributed by atoms with Gasteiger partial charge in [-0.3, -0.25) is 0 Å². The first-order valence-electron chi connectivity index (χ1n) is 10.8. The predicted octanol–water partition coefficient (Wildman–Crippen LogP) is 3.87. The Kier molecular flexibility index (Phi) is 6.01. The Morgan fingerprint density at radius 2 is 1.79 bits per heavy atom. The molecule has 0 saturated carbocycles. The third-order valence-corrected chi connectivity index (χ3v) is 5.81. The van der Waals surface area contributed by atoms with Crippen molar-refractivity contribution in [3.63, 3.8) is 0 Å². The maximum atomic E-state index is 14.7. The highest BCUT2D eigenvalue weighted by molar-refractivity contribution is 5.65. The molecule has 0 spiro atoms. The Bertz CT molecular complexity index is 1280. The number of benzene rings is 2. The number of hydrogen-bond donors (Lipinski definition) is 0. The van der Waals surface area contributed by atoms with Crippen LogP contribution in [0, 0.1) is 5.82 Å². The molecular weight excluding hydrogens is 447 g/mol. The smallest absolute Gasteiger partial charge is 0.314 e. The molecule has 2 aromatic heterocycles. The summed E-state index contributed by atoms with van der Waals surface area (Å²) in [7, 11) is 2.12. The van der Waals surface area contributed by atoms with E-state index >= 15 is 0 Å². The fraction of sp³-hybridized carbons (Fsp3) is 0.304. The SMILES string of the molecule is CN1CCN(c2cccc(-c3cn(Cc4ccc(-c5nnc(C(F)F)o5)cc4F)nn3)c2)CC1. The van der Waals surface area contributed by atoms with Crippen LogP contribution in [0.15, 0.2) is 53.1 Å². The van der Waals surface area contributed by atoms with Crippen LogP contribution in [0.4, 0.5) is 18.9 Å². The van der Waals surface area contributed by atoms with Crippen molar-refractivity contribution in [1.82, 2.24) is 30.1 Å². The molecule has 0 radical (unpaired) electrons. The van der Waals surface area contributed by atoms with E-state index in [0.717, 1.165) is 37.4 Å². The Morgan fingerprint density at radius 3 is 2.53 bits per heavy atom. The lowest BCUT2D eigenvalue weighted by Crippen LogP contribution is -2.44. The largest absolute Gasteiger partial charge is 0.415 e. The van der Waals surface area contributed by atoms with E-state index < -0.39 is 18.1 Å². The fourth-order valence-electron chi connectivity index (χ4n) is 3.86. The van der Waals surface area contributed by atoms with Gasteiger partial charge in [-0.1, -0.05) is 23.4 Å². The highest BCUT2D eigenvalue weighted by atomic mass is 19.3. The summed E-state index contributed by atoms with van der Waals surface area (Å²) in [4.78, 5) is 4.65. The third-order valence-electron chi connectivity index (χ3n) is 5.81. The van der Waals surface area contributed by atoms with Crippen LogP contribution in [0.25, 0.3) is 22.7 Å². The van der Waals surface area contributed by atoms with Gasteiger partial charge in [-0.2, -0.15) is 8.78 Å². The average Bonchev–Trinajstić information content (AvgIpc) is 3.51. The van der Waals surface area contributed by atoms with Gasteiger partial charge in [0.25, 0.3) is 5.89 Å². The molecule has 0 aliphatic carbocycles. The molecule has 5 rings (SSSR count). The maximum absolute atomic E-state index is 14.7. The molecule has 0 atom stereocenters. The van der Waals surface area contributed by atoms with Gasteiger partial charge in [0.2, 0.25) is 5.89 Å². The van der Waals surface area contributed by atoms with Gasteiger partial charge >= 0.3 is 6.43 Å². The molecule has 1 fully saturated rings. The molecule has 34 heavy (non-hydrogen) atoms. The molecule has 4 aromatic rings. The summed E-state index contributed by atoms with van der Waals surface area (Å²) in [5.41, 5.74) is 3.35. The van der Waals surface area contributed by atoms with E-state index in [4.69, 9.17) is 4.42 Å². The summed E-state index contributed by atoms with van der Waals surface area (Å²) in [6.07, 6.45) is -1.11. The van der Waals surface area contributed by atoms with Crippen LogP contribution in [-0.4, -0.2) is 63.3 Å². The van der Waals surface area contributed by atoms with Crippen LogP contribution in [-0.2, 0) is 6.54 Å². The fourth-order valence-corrected chi connectivity index (χ4v) is 3.86. The summed E-state index contributed by atoms with van der Waals surface area (Å²) in [5.74, 6) is -1.50. The topological polar surface area (TPSA) is 76.1 Å². The van der Waals surface area contributed by atoms with Crippen molar-refractivity contribution >= 4 is 5.69 Å². The van der Waals surface area contributed by atoms with Gasteiger partial charge in [-0.05, 0) is 31.3 Å². The van der Waals surface area contributed by atoms with Crippen molar-refractivity contribution in [2.45, 2.75) is 13.0 Å². The number of piperazine rings is 1. The minimum absolute atomic E-state index is 0.156. The van der Waals surface area contributed by atoms with Crippen molar-refractivity contribution in [2.75, 3.05) is 38.1 Å². The van der Waals surface area contributed by atoms with Crippen molar-refractivity contribution in [3.8, 4) is 22.7 Å². The minimum Gasteiger partial charge on any atom is -0.415 e. The van der Waals surface area contributed by atoms with Crippen LogP contribution in [0.5, 0.6) is 0 Å². The van der Waals surface area contributed by atoms with Crippen LogP contribution >= 0.6 is 0 Å². The van der Waals surface area contributed by atoms with E-state index in [0.29, 0.717) is 11.3 Å². The molecule has 11 heteroatoms. The van der Waals surface area contributed by atoms with Crippen molar-refractivity contribution in [1.29, 1.82) is 0 Å². The van der Waals surface area contributed by atoms with Crippen LogP contribution in [0.3, 0.4) is 0 Å². The molecule has 0 bridgehead atoms. The molecule has 2 aromatic carbocycles. The van der Waals surface area contributed by atoms with Gasteiger partial charge in [-0.25, -0.2) is 9.07 Å². The number of rotatable bonds is 6. The van der Waals surface area contributed by atoms with Crippen molar-refractivity contribution in [3.05, 3.63) is 65.9 Å². The molecule has 1 aliphatic heterocycles. The molecular formula is C23H22F3N7O. The average molecular weight is 469 g/mol. The number of anilines is 1. The monoisotopic (exact) mass is 469 g/mol. The summed E-state index contributed by atoms with van der Waals surface area (Å²) >= 11 is 0. The standard InChI is InChI=1S/C23H22F3N7O/c1-31-7-9-32(10-8-31)18-4-2-3-15(11-18)20-14-33(30-27-20)13-17-6-5-16(12-19(17)24)22-28-29-23(34-22)21(25)26/h2-6,11-12,14,21H,7-10,13H2,1H3. The van der Waals surface area contributed by atoms with Crippen molar-refractivity contribution in [2.24, 2.45) is 0 Å². The maximum Gasteiger partial charge on any atom is 0.314 e. The minimum atomic E-state index is -2.88. The number of aromatic nitrogens is 5. The summed E-state index contributed by atoms with van der Waals surface area (Å²) in [6, 6.07) is 12.4. The molecule has 0 N–H and O–H groups in total. The quantitative estimate of drug-likeness (QED) is 0.424. The molecule has 1 aliphatic rings. The lowest BCUT2D eigenvalue weighted by atomic mass is 10.1. The van der Waals surface area contributed by atoms with Gasteiger partial charge in [-0.15, -0.1) is 15.3 Å². The second-order valence-electron chi connectivity index (χ2n) is 8.19. The predicted molar refractivity (Wildman–Crippen MR) is 119 cm³/mol. The summed E-state index contributed by atoms with van der Waals surface area (Å²) < 4.78 is 46.4. The third kappa shape index (κ3) is 4.65. The van der Waals surface area contributed by atoms with E-state index in [1.807, 2.05) is 12.1 Å². The van der Waals surface area contributed by atoms with E-state index in [-0.39, 0.29) is 18.0 Å². The molecule has 1 saturated heterocycles.